The van der Waals surface area contributed by atoms with E-state index in [2.05, 4.69) is 21.2 Å². The van der Waals surface area contributed by atoms with Crippen molar-refractivity contribution >= 4 is 68.1 Å². The SMILES string of the molecule is Cc1ccc(NC(=O)COc2ccc(/C=C3\SC(=O)N(Cc4ccccc4F)C3=O)cc2Br)cc1Cl. The molecule has 1 heterocycles. The molecule has 1 saturated heterocycles. The van der Waals surface area contributed by atoms with Crippen LogP contribution in [0.1, 0.15) is 16.7 Å². The van der Waals surface area contributed by atoms with Gasteiger partial charge in [-0.15, -0.1) is 0 Å². The molecule has 4 rings (SSSR count). The Morgan fingerprint density at radius 3 is 2.67 bits per heavy atom. The van der Waals surface area contributed by atoms with Crippen LogP contribution in [0.25, 0.3) is 6.08 Å². The van der Waals surface area contributed by atoms with E-state index in [9.17, 15) is 18.8 Å². The number of thioether (sulfide) groups is 1. The van der Waals surface area contributed by atoms with E-state index >= 15 is 0 Å². The normalized spacial score (nSPS) is 14.4. The van der Waals surface area contributed by atoms with Crippen molar-refractivity contribution in [3.8, 4) is 5.75 Å². The Hall–Kier alpha value is -3.14. The molecular weight excluding hydrogens is 571 g/mol. The molecule has 1 aliphatic heterocycles. The van der Waals surface area contributed by atoms with Gasteiger partial charge in [-0.3, -0.25) is 19.3 Å². The third-order valence-corrected chi connectivity index (χ3v) is 7.16. The number of nitrogens with one attached hydrogen (secondary N) is 1. The quantitative estimate of drug-likeness (QED) is 0.307. The number of nitrogens with zero attached hydrogens (tertiary/aromatic N) is 1. The Bertz CT molecular complexity index is 1400. The molecule has 10 heteroatoms. The van der Waals surface area contributed by atoms with Crippen molar-refractivity contribution in [1.82, 2.24) is 4.90 Å². The van der Waals surface area contributed by atoms with Crippen molar-refractivity contribution in [2.45, 2.75) is 13.5 Å². The van der Waals surface area contributed by atoms with Crippen LogP contribution in [0, 0.1) is 12.7 Å². The summed E-state index contributed by atoms with van der Waals surface area (Å²) in [5.41, 5.74) is 2.38. The molecule has 3 amide bonds. The molecular formula is C26H19BrClFN2O4S. The van der Waals surface area contributed by atoms with E-state index in [-0.39, 0.29) is 29.5 Å². The van der Waals surface area contributed by atoms with E-state index in [0.717, 1.165) is 22.2 Å². The van der Waals surface area contributed by atoms with Gasteiger partial charge >= 0.3 is 0 Å². The molecule has 0 unspecified atom stereocenters. The molecule has 0 aliphatic carbocycles. The second-order valence-electron chi connectivity index (χ2n) is 7.85. The average molecular weight is 590 g/mol. The topological polar surface area (TPSA) is 75.7 Å². The summed E-state index contributed by atoms with van der Waals surface area (Å²) in [5.74, 6) is -0.889. The molecule has 0 saturated carbocycles. The van der Waals surface area contributed by atoms with E-state index in [1.54, 1.807) is 48.5 Å². The predicted molar refractivity (Wildman–Crippen MR) is 142 cm³/mol. The number of benzene rings is 3. The van der Waals surface area contributed by atoms with Gasteiger partial charge in [0.05, 0.1) is 15.9 Å². The van der Waals surface area contributed by atoms with Crippen LogP contribution in [-0.2, 0) is 16.1 Å². The van der Waals surface area contributed by atoms with Crippen molar-refractivity contribution in [2.75, 3.05) is 11.9 Å². The van der Waals surface area contributed by atoms with Crippen LogP contribution in [0.5, 0.6) is 5.75 Å². The summed E-state index contributed by atoms with van der Waals surface area (Å²) < 4.78 is 20.1. The molecule has 36 heavy (non-hydrogen) atoms. The van der Waals surface area contributed by atoms with Gasteiger partial charge in [0.2, 0.25) is 0 Å². The Balaban J connectivity index is 1.39. The Kier molecular flexibility index (Phi) is 8.13. The maximum atomic E-state index is 14.0. The molecule has 0 aromatic heterocycles. The number of hydrogen-bond acceptors (Lipinski definition) is 5. The van der Waals surface area contributed by atoms with Crippen LogP contribution in [0.15, 0.2) is 70.0 Å². The molecule has 1 fully saturated rings. The van der Waals surface area contributed by atoms with Crippen LogP contribution in [-0.4, -0.2) is 28.6 Å². The molecule has 0 bridgehead atoms. The van der Waals surface area contributed by atoms with Gasteiger partial charge in [-0.25, -0.2) is 4.39 Å². The first-order chi connectivity index (χ1) is 17.2. The predicted octanol–water partition coefficient (Wildman–Crippen LogP) is 6.80. The van der Waals surface area contributed by atoms with Crippen LogP contribution in [0.4, 0.5) is 14.9 Å². The minimum absolute atomic E-state index is 0.137. The van der Waals surface area contributed by atoms with E-state index in [0.29, 0.717) is 26.5 Å². The smallest absolute Gasteiger partial charge is 0.293 e. The van der Waals surface area contributed by atoms with E-state index < -0.39 is 17.0 Å². The number of halogens is 3. The number of hydrogen-bond donors (Lipinski definition) is 1. The Morgan fingerprint density at radius 2 is 1.94 bits per heavy atom. The first-order valence-corrected chi connectivity index (χ1v) is 12.7. The first-order valence-electron chi connectivity index (χ1n) is 10.7. The number of amides is 3. The van der Waals surface area contributed by atoms with E-state index in [1.807, 2.05) is 13.0 Å². The summed E-state index contributed by atoms with van der Waals surface area (Å²) in [6.07, 6.45) is 1.58. The molecule has 3 aromatic carbocycles. The van der Waals surface area contributed by atoms with Crippen LogP contribution >= 0.6 is 39.3 Å². The lowest BCUT2D eigenvalue weighted by Crippen LogP contribution is -2.27. The zero-order valence-corrected chi connectivity index (χ0v) is 22.0. The largest absolute Gasteiger partial charge is 0.483 e. The lowest BCUT2D eigenvalue weighted by molar-refractivity contribution is -0.123. The number of ether oxygens (including phenoxy) is 1. The zero-order valence-electron chi connectivity index (χ0n) is 18.9. The maximum absolute atomic E-state index is 14.0. The molecule has 6 nitrogen and oxygen atoms in total. The fraction of sp³-hybridized carbons (Fsp3) is 0.115. The van der Waals surface area contributed by atoms with Crippen molar-refractivity contribution < 1.29 is 23.5 Å². The summed E-state index contributed by atoms with van der Waals surface area (Å²) in [5, 5.41) is 2.81. The molecule has 1 N–H and O–H groups in total. The van der Waals surface area contributed by atoms with Gasteiger partial charge in [0.1, 0.15) is 11.6 Å². The van der Waals surface area contributed by atoms with Gasteiger partial charge < -0.3 is 10.1 Å². The highest BCUT2D eigenvalue weighted by molar-refractivity contribution is 9.10. The van der Waals surface area contributed by atoms with Crippen molar-refractivity contribution in [1.29, 1.82) is 0 Å². The van der Waals surface area contributed by atoms with Crippen LogP contribution < -0.4 is 10.1 Å². The average Bonchev–Trinajstić information content (AvgIpc) is 3.09. The van der Waals surface area contributed by atoms with Crippen molar-refractivity contribution in [3.63, 3.8) is 0 Å². The molecule has 0 atom stereocenters. The number of rotatable bonds is 7. The van der Waals surface area contributed by atoms with E-state index in [1.165, 1.54) is 12.1 Å². The summed E-state index contributed by atoms with van der Waals surface area (Å²) >= 11 is 10.3. The lowest BCUT2D eigenvalue weighted by atomic mass is 10.2. The number of imide groups is 1. The van der Waals surface area contributed by atoms with Crippen LogP contribution in [0.3, 0.4) is 0 Å². The van der Waals surface area contributed by atoms with Gasteiger partial charge in [0.25, 0.3) is 17.1 Å². The maximum Gasteiger partial charge on any atom is 0.293 e. The van der Waals surface area contributed by atoms with Crippen molar-refractivity contribution in [2.24, 2.45) is 0 Å². The minimum atomic E-state index is -0.488. The molecule has 0 radical (unpaired) electrons. The second kappa shape index (κ2) is 11.3. The number of carbonyl (C=O) groups is 3. The monoisotopic (exact) mass is 588 g/mol. The van der Waals surface area contributed by atoms with Gasteiger partial charge in [-0.2, -0.15) is 0 Å². The highest BCUT2D eigenvalue weighted by atomic mass is 79.9. The standard InChI is InChI=1S/C26H19BrClFN2O4S/c1-15-6-8-18(12-20(15)28)30-24(32)14-35-22-9-7-16(10-19(22)27)11-23-25(33)31(26(34)36-23)13-17-4-2-3-5-21(17)29/h2-12H,13-14H2,1H3,(H,30,32)/b23-11-. The summed E-state index contributed by atoms with van der Waals surface area (Å²) in [6, 6.07) is 16.3. The highest BCUT2D eigenvalue weighted by Crippen LogP contribution is 2.35. The van der Waals surface area contributed by atoms with Gasteiger partial charge in [0.15, 0.2) is 6.61 Å². The second-order valence-corrected chi connectivity index (χ2v) is 10.1. The Labute approximate surface area is 224 Å². The van der Waals surface area contributed by atoms with Gasteiger partial charge in [0, 0.05) is 16.3 Å². The number of anilines is 1. The number of carbonyl (C=O) groups excluding carboxylic acids is 3. The first kappa shape index (κ1) is 25.9. The zero-order chi connectivity index (χ0) is 25.8. The summed E-state index contributed by atoms with van der Waals surface area (Å²) in [6.45, 7) is 1.51. The molecule has 1 aliphatic rings. The molecule has 0 spiro atoms. The fourth-order valence-corrected chi connectivity index (χ4v) is 4.85. The lowest BCUT2D eigenvalue weighted by Gasteiger charge is -2.12. The third kappa shape index (κ3) is 6.16. The number of aryl methyl sites for hydroxylation is 1. The summed E-state index contributed by atoms with van der Waals surface area (Å²) in [7, 11) is 0. The van der Waals surface area contributed by atoms with Gasteiger partial charge in [-0.05, 0) is 82.2 Å². The van der Waals surface area contributed by atoms with Crippen LogP contribution in [0.2, 0.25) is 5.02 Å². The minimum Gasteiger partial charge on any atom is -0.483 e. The van der Waals surface area contributed by atoms with E-state index in [4.69, 9.17) is 16.3 Å². The Morgan fingerprint density at radius 1 is 1.17 bits per heavy atom. The van der Waals surface area contributed by atoms with Crippen molar-refractivity contribution in [3.05, 3.63) is 97.6 Å². The molecule has 3 aromatic rings. The van der Waals surface area contributed by atoms with Gasteiger partial charge in [-0.1, -0.05) is 41.9 Å². The third-order valence-electron chi connectivity index (χ3n) is 5.23. The highest BCUT2D eigenvalue weighted by Gasteiger charge is 2.35. The fourth-order valence-electron chi connectivity index (χ4n) is 3.32. The molecule has 184 valence electrons. The summed E-state index contributed by atoms with van der Waals surface area (Å²) in [4.78, 5) is 38.6.